The van der Waals surface area contributed by atoms with Gasteiger partial charge in [-0.25, -0.2) is 0 Å². The van der Waals surface area contributed by atoms with Crippen molar-refractivity contribution in [3.05, 3.63) is 96.6 Å². The van der Waals surface area contributed by atoms with Crippen LogP contribution >= 0.6 is 0 Å². The molecule has 0 saturated heterocycles. The molecule has 5 aromatic carbocycles. The predicted octanol–water partition coefficient (Wildman–Crippen LogP) is 7.72. The lowest BCUT2D eigenvalue weighted by molar-refractivity contribution is 0.583. The van der Waals surface area contributed by atoms with Crippen LogP contribution < -0.4 is 4.90 Å². The summed E-state index contributed by atoms with van der Waals surface area (Å²) in [7, 11) is 0. The zero-order valence-electron chi connectivity index (χ0n) is 17.3. The minimum atomic E-state index is 0.331. The molecular formula is C29H22N2. The Morgan fingerprint density at radius 3 is 2.16 bits per heavy atom. The van der Waals surface area contributed by atoms with E-state index in [9.17, 15) is 5.26 Å². The third-order valence-electron chi connectivity index (χ3n) is 6.69. The smallest absolute Gasteiger partial charge is 0.0943 e. The van der Waals surface area contributed by atoms with Gasteiger partial charge < -0.3 is 4.90 Å². The first-order valence-electron chi connectivity index (χ1n) is 10.9. The van der Waals surface area contributed by atoms with Gasteiger partial charge in [-0.3, -0.25) is 0 Å². The molecule has 0 fully saturated rings. The molecule has 1 aliphatic carbocycles. The Bertz CT molecular complexity index is 1460. The van der Waals surface area contributed by atoms with E-state index >= 15 is 0 Å². The molecule has 2 heteroatoms. The van der Waals surface area contributed by atoms with Crippen molar-refractivity contribution in [2.75, 3.05) is 4.90 Å². The summed E-state index contributed by atoms with van der Waals surface area (Å²) in [6.45, 7) is 0. The number of benzene rings is 5. The van der Waals surface area contributed by atoms with Crippen molar-refractivity contribution >= 4 is 43.7 Å². The van der Waals surface area contributed by atoms with Crippen LogP contribution in [0.3, 0.4) is 0 Å². The quantitative estimate of drug-likeness (QED) is 0.291. The topological polar surface area (TPSA) is 27.0 Å². The van der Waals surface area contributed by atoms with E-state index in [1.54, 1.807) is 0 Å². The van der Waals surface area contributed by atoms with Gasteiger partial charge in [0.25, 0.3) is 0 Å². The van der Waals surface area contributed by atoms with Crippen LogP contribution in [0.25, 0.3) is 32.3 Å². The highest BCUT2D eigenvalue weighted by molar-refractivity contribution is 6.25. The SMILES string of the molecule is N#CC1=CCC(N(c2ccccc2)c2ccc3ccc4cccc5ccc2c3c45)CC1. The van der Waals surface area contributed by atoms with E-state index in [4.69, 9.17) is 0 Å². The fraction of sp³-hybridized carbons (Fsp3) is 0.138. The average molecular weight is 399 g/mol. The maximum Gasteiger partial charge on any atom is 0.0943 e. The Kier molecular flexibility index (Phi) is 4.14. The third-order valence-corrected chi connectivity index (χ3v) is 6.69. The van der Waals surface area contributed by atoms with Gasteiger partial charge in [0.1, 0.15) is 0 Å². The van der Waals surface area contributed by atoms with Gasteiger partial charge in [-0.1, -0.05) is 72.8 Å². The highest BCUT2D eigenvalue weighted by atomic mass is 15.2. The largest absolute Gasteiger partial charge is 0.338 e. The fourth-order valence-corrected chi connectivity index (χ4v) is 5.22. The zero-order valence-corrected chi connectivity index (χ0v) is 17.3. The summed E-state index contributed by atoms with van der Waals surface area (Å²) in [5.41, 5.74) is 3.37. The molecule has 1 aliphatic rings. The van der Waals surface area contributed by atoms with Crippen molar-refractivity contribution in [1.29, 1.82) is 5.26 Å². The lowest BCUT2D eigenvalue weighted by Crippen LogP contribution is -2.32. The van der Waals surface area contributed by atoms with Gasteiger partial charge in [0.15, 0.2) is 0 Å². The van der Waals surface area contributed by atoms with Gasteiger partial charge in [-0.15, -0.1) is 0 Å². The Morgan fingerprint density at radius 2 is 1.45 bits per heavy atom. The molecule has 6 rings (SSSR count). The zero-order chi connectivity index (χ0) is 20.8. The Labute approximate surface area is 182 Å². The van der Waals surface area contributed by atoms with E-state index in [0.29, 0.717) is 6.04 Å². The molecule has 0 N–H and O–H groups in total. The summed E-state index contributed by atoms with van der Waals surface area (Å²) < 4.78 is 0. The number of nitriles is 1. The first-order valence-corrected chi connectivity index (χ1v) is 10.9. The second-order valence-corrected chi connectivity index (χ2v) is 8.42. The monoisotopic (exact) mass is 398 g/mol. The van der Waals surface area contributed by atoms with Gasteiger partial charge in [-0.05, 0) is 64.4 Å². The van der Waals surface area contributed by atoms with Gasteiger partial charge >= 0.3 is 0 Å². The number of nitrogens with zero attached hydrogens (tertiary/aromatic N) is 2. The molecule has 0 aromatic heterocycles. The number of hydrogen-bond donors (Lipinski definition) is 0. The highest BCUT2D eigenvalue weighted by Crippen LogP contribution is 2.42. The maximum atomic E-state index is 9.32. The normalized spacial score (nSPS) is 16.5. The van der Waals surface area contributed by atoms with Crippen molar-refractivity contribution in [3.63, 3.8) is 0 Å². The minimum absolute atomic E-state index is 0.331. The summed E-state index contributed by atoms with van der Waals surface area (Å²) in [6, 6.07) is 33.5. The summed E-state index contributed by atoms with van der Waals surface area (Å²) in [5, 5.41) is 17.2. The van der Waals surface area contributed by atoms with Gasteiger partial charge in [0, 0.05) is 28.4 Å². The molecule has 2 nitrogen and oxygen atoms in total. The summed E-state index contributed by atoms with van der Waals surface area (Å²) >= 11 is 0. The summed E-state index contributed by atoms with van der Waals surface area (Å²) in [6.07, 6.45) is 4.84. The molecular weight excluding hydrogens is 376 g/mol. The number of para-hydroxylation sites is 1. The lowest BCUT2D eigenvalue weighted by Gasteiger charge is -2.36. The van der Waals surface area contributed by atoms with Crippen molar-refractivity contribution in [3.8, 4) is 6.07 Å². The molecule has 0 heterocycles. The molecule has 0 amide bonds. The van der Waals surface area contributed by atoms with Crippen molar-refractivity contribution in [2.45, 2.75) is 25.3 Å². The van der Waals surface area contributed by atoms with Crippen molar-refractivity contribution in [1.82, 2.24) is 0 Å². The Hall–Kier alpha value is -3.83. The van der Waals surface area contributed by atoms with Crippen LogP contribution in [-0.4, -0.2) is 6.04 Å². The van der Waals surface area contributed by atoms with Gasteiger partial charge in [0.2, 0.25) is 0 Å². The van der Waals surface area contributed by atoms with Crippen LogP contribution in [0.1, 0.15) is 19.3 Å². The molecule has 1 atom stereocenters. The molecule has 0 radical (unpaired) electrons. The number of hydrogen-bond acceptors (Lipinski definition) is 2. The van der Waals surface area contributed by atoms with Gasteiger partial charge in [-0.2, -0.15) is 5.26 Å². The van der Waals surface area contributed by atoms with E-state index in [2.05, 4.69) is 102 Å². The van der Waals surface area contributed by atoms with Crippen LogP contribution in [0.4, 0.5) is 11.4 Å². The minimum Gasteiger partial charge on any atom is -0.338 e. The van der Waals surface area contributed by atoms with E-state index in [1.807, 2.05) is 0 Å². The van der Waals surface area contributed by atoms with E-state index in [1.165, 1.54) is 43.7 Å². The highest BCUT2D eigenvalue weighted by Gasteiger charge is 2.25. The first kappa shape index (κ1) is 18.0. The predicted molar refractivity (Wildman–Crippen MR) is 130 cm³/mol. The van der Waals surface area contributed by atoms with Crippen molar-refractivity contribution in [2.24, 2.45) is 0 Å². The summed E-state index contributed by atoms with van der Waals surface area (Å²) in [5.74, 6) is 0. The third kappa shape index (κ3) is 2.86. The molecule has 148 valence electrons. The van der Waals surface area contributed by atoms with Gasteiger partial charge in [0.05, 0.1) is 6.07 Å². The van der Waals surface area contributed by atoms with E-state index < -0.39 is 0 Å². The van der Waals surface area contributed by atoms with Crippen LogP contribution in [0.2, 0.25) is 0 Å². The average Bonchev–Trinajstić information content (AvgIpc) is 2.84. The van der Waals surface area contributed by atoms with Crippen LogP contribution in [0.5, 0.6) is 0 Å². The summed E-state index contributed by atoms with van der Waals surface area (Å²) in [4.78, 5) is 2.50. The van der Waals surface area contributed by atoms with Crippen LogP contribution in [-0.2, 0) is 0 Å². The molecule has 0 spiro atoms. The van der Waals surface area contributed by atoms with E-state index in [0.717, 1.165) is 24.8 Å². The first-order chi connectivity index (χ1) is 15.3. The lowest BCUT2D eigenvalue weighted by atomic mass is 9.91. The Balaban J connectivity index is 1.61. The number of rotatable bonds is 3. The fourth-order valence-electron chi connectivity index (χ4n) is 5.22. The second-order valence-electron chi connectivity index (χ2n) is 8.42. The number of allylic oxidation sites excluding steroid dienone is 1. The molecule has 0 bridgehead atoms. The van der Waals surface area contributed by atoms with Crippen LogP contribution in [0.15, 0.2) is 96.6 Å². The molecule has 31 heavy (non-hydrogen) atoms. The van der Waals surface area contributed by atoms with Crippen LogP contribution in [0, 0.1) is 11.3 Å². The number of anilines is 2. The van der Waals surface area contributed by atoms with Crippen molar-refractivity contribution < 1.29 is 0 Å². The maximum absolute atomic E-state index is 9.32. The van der Waals surface area contributed by atoms with E-state index in [-0.39, 0.29) is 0 Å². The molecule has 0 aliphatic heterocycles. The second kappa shape index (κ2) is 7.15. The Morgan fingerprint density at radius 1 is 0.742 bits per heavy atom. The molecule has 5 aromatic rings. The molecule has 0 saturated carbocycles. The molecule has 1 unspecified atom stereocenters. The standard InChI is InChI=1S/C29H22N2/c30-19-20-9-15-25(16-10-20)31(24-7-2-1-3-8-24)27-18-14-23-12-11-21-5-4-6-22-13-17-26(27)29(23)28(21)22/h1-9,11-14,17-18,25H,10,15-16H2.